The van der Waals surface area contributed by atoms with Gasteiger partial charge >= 0.3 is 0 Å². The monoisotopic (exact) mass is 240 g/mol. The second kappa shape index (κ2) is 6.72. The van der Waals surface area contributed by atoms with E-state index in [0.717, 1.165) is 43.8 Å². The summed E-state index contributed by atoms with van der Waals surface area (Å²) in [6.45, 7) is 3.76. The Morgan fingerprint density at radius 1 is 1.35 bits per heavy atom. The average molecular weight is 240 g/mol. The van der Waals surface area contributed by atoms with Crippen LogP contribution in [0.1, 0.15) is 51.9 Å². The maximum atomic E-state index is 5.67. The molecule has 2 aliphatic rings. The van der Waals surface area contributed by atoms with Crippen LogP contribution >= 0.6 is 0 Å². The van der Waals surface area contributed by atoms with Gasteiger partial charge in [0.25, 0.3) is 0 Å². The third kappa shape index (κ3) is 3.67. The van der Waals surface area contributed by atoms with Crippen molar-refractivity contribution >= 4 is 0 Å². The van der Waals surface area contributed by atoms with Crippen molar-refractivity contribution in [3.05, 3.63) is 0 Å². The fourth-order valence-electron chi connectivity index (χ4n) is 3.88. The van der Waals surface area contributed by atoms with Crippen molar-refractivity contribution < 1.29 is 4.74 Å². The summed E-state index contributed by atoms with van der Waals surface area (Å²) >= 11 is 0. The average Bonchev–Trinajstić information content (AvgIpc) is 2.95. The first-order valence-corrected chi connectivity index (χ1v) is 7.37. The van der Waals surface area contributed by atoms with Crippen molar-refractivity contribution in [1.82, 2.24) is 5.43 Å². The first kappa shape index (κ1) is 13.3. The van der Waals surface area contributed by atoms with Crippen LogP contribution in [0.4, 0.5) is 0 Å². The van der Waals surface area contributed by atoms with E-state index < -0.39 is 0 Å². The molecule has 3 heteroatoms. The highest BCUT2D eigenvalue weighted by Crippen LogP contribution is 2.49. The predicted molar refractivity (Wildman–Crippen MR) is 70.4 cm³/mol. The molecule has 0 aliphatic heterocycles. The molecular weight excluding hydrogens is 212 g/mol. The molecule has 4 unspecified atom stereocenters. The van der Waals surface area contributed by atoms with E-state index in [9.17, 15) is 0 Å². The zero-order chi connectivity index (χ0) is 12.1. The second-order valence-electron chi connectivity index (χ2n) is 5.87. The fourth-order valence-corrected chi connectivity index (χ4v) is 3.88. The molecule has 2 fully saturated rings. The number of ether oxygens (including phenoxy) is 1. The van der Waals surface area contributed by atoms with E-state index >= 15 is 0 Å². The van der Waals surface area contributed by atoms with Crippen molar-refractivity contribution in [2.24, 2.45) is 23.6 Å². The lowest BCUT2D eigenvalue weighted by Crippen LogP contribution is -2.37. The Morgan fingerprint density at radius 3 is 2.82 bits per heavy atom. The molecule has 0 spiro atoms. The van der Waals surface area contributed by atoms with E-state index in [1.165, 1.54) is 32.1 Å². The number of nitrogens with one attached hydrogen (secondary N) is 1. The lowest BCUT2D eigenvalue weighted by atomic mass is 9.83. The molecule has 0 radical (unpaired) electrons. The van der Waals surface area contributed by atoms with Gasteiger partial charge in [-0.05, 0) is 63.2 Å². The van der Waals surface area contributed by atoms with Gasteiger partial charge in [0.1, 0.15) is 0 Å². The van der Waals surface area contributed by atoms with Gasteiger partial charge in [0, 0.05) is 19.3 Å². The number of rotatable bonds is 8. The van der Waals surface area contributed by atoms with Crippen LogP contribution < -0.4 is 11.3 Å². The largest absolute Gasteiger partial charge is 0.382 e. The van der Waals surface area contributed by atoms with Crippen molar-refractivity contribution in [3.63, 3.8) is 0 Å². The molecule has 17 heavy (non-hydrogen) atoms. The van der Waals surface area contributed by atoms with E-state index in [4.69, 9.17) is 10.6 Å². The van der Waals surface area contributed by atoms with E-state index in [1.807, 2.05) is 6.92 Å². The topological polar surface area (TPSA) is 47.3 Å². The Bertz CT molecular complexity index is 222. The summed E-state index contributed by atoms with van der Waals surface area (Å²) in [4.78, 5) is 0. The van der Waals surface area contributed by atoms with Crippen LogP contribution in [0.2, 0.25) is 0 Å². The van der Waals surface area contributed by atoms with Gasteiger partial charge in [-0.2, -0.15) is 0 Å². The molecule has 0 heterocycles. The molecule has 2 bridgehead atoms. The van der Waals surface area contributed by atoms with Crippen LogP contribution in [0.15, 0.2) is 0 Å². The van der Waals surface area contributed by atoms with Crippen molar-refractivity contribution in [2.75, 3.05) is 13.2 Å². The SMILES string of the molecule is CCOCCCC(CC1CC2CCC1C2)NN. The normalized spacial score (nSPS) is 33.2. The van der Waals surface area contributed by atoms with Gasteiger partial charge in [0.2, 0.25) is 0 Å². The number of nitrogens with two attached hydrogens (primary N) is 1. The lowest BCUT2D eigenvalue weighted by molar-refractivity contribution is 0.138. The van der Waals surface area contributed by atoms with E-state index in [1.54, 1.807) is 0 Å². The lowest BCUT2D eigenvalue weighted by Gasteiger charge is -2.26. The predicted octanol–water partition coefficient (Wildman–Crippen LogP) is 2.46. The summed E-state index contributed by atoms with van der Waals surface area (Å²) < 4.78 is 5.38. The second-order valence-corrected chi connectivity index (χ2v) is 5.87. The molecule has 100 valence electrons. The van der Waals surface area contributed by atoms with Gasteiger partial charge in [0.05, 0.1) is 0 Å². The van der Waals surface area contributed by atoms with Crippen molar-refractivity contribution in [3.8, 4) is 0 Å². The summed E-state index contributed by atoms with van der Waals surface area (Å²) in [5.41, 5.74) is 3.01. The molecule has 0 aromatic carbocycles. The molecule has 0 aromatic heterocycles. The Balaban J connectivity index is 1.65. The summed E-state index contributed by atoms with van der Waals surface area (Å²) in [5, 5.41) is 0. The van der Waals surface area contributed by atoms with Crippen molar-refractivity contribution in [1.29, 1.82) is 0 Å². The van der Waals surface area contributed by atoms with Gasteiger partial charge in [-0.15, -0.1) is 0 Å². The number of hydrazine groups is 1. The Kier molecular flexibility index (Phi) is 5.26. The van der Waals surface area contributed by atoms with Crippen LogP contribution in [-0.2, 0) is 4.74 Å². The molecule has 0 amide bonds. The minimum absolute atomic E-state index is 0.500. The van der Waals surface area contributed by atoms with Gasteiger partial charge in [0.15, 0.2) is 0 Å². The third-order valence-corrected chi connectivity index (χ3v) is 4.75. The minimum atomic E-state index is 0.500. The van der Waals surface area contributed by atoms with Crippen LogP contribution in [0, 0.1) is 17.8 Å². The molecule has 4 atom stereocenters. The Labute approximate surface area is 105 Å². The smallest absolute Gasteiger partial charge is 0.0466 e. The van der Waals surface area contributed by atoms with E-state index in [-0.39, 0.29) is 0 Å². The Hall–Kier alpha value is -0.120. The highest BCUT2D eigenvalue weighted by Gasteiger charge is 2.39. The molecule has 3 nitrogen and oxygen atoms in total. The molecule has 2 aliphatic carbocycles. The summed E-state index contributed by atoms with van der Waals surface area (Å²) in [7, 11) is 0. The van der Waals surface area contributed by atoms with Crippen LogP contribution in [0.25, 0.3) is 0 Å². The third-order valence-electron chi connectivity index (χ3n) is 4.75. The maximum Gasteiger partial charge on any atom is 0.0466 e. The van der Waals surface area contributed by atoms with Crippen molar-refractivity contribution in [2.45, 2.75) is 57.9 Å². The fraction of sp³-hybridized carbons (Fsp3) is 1.00. The quantitative estimate of drug-likeness (QED) is 0.389. The molecular formula is C14H28N2O. The first-order chi connectivity index (χ1) is 8.33. The molecule has 2 saturated carbocycles. The minimum Gasteiger partial charge on any atom is -0.382 e. The summed E-state index contributed by atoms with van der Waals surface area (Å²) in [6.07, 6.45) is 9.50. The molecule has 3 N–H and O–H groups in total. The van der Waals surface area contributed by atoms with E-state index in [2.05, 4.69) is 5.43 Å². The van der Waals surface area contributed by atoms with Gasteiger partial charge < -0.3 is 4.74 Å². The zero-order valence-electron chi connectivity index (χ0n) is 11.2. The first-order valence-electron chi connectivity index (χ1n) is 7.37. The highest BCUT2D eigenvalue weighted by atomic mass is 16.5. The van der Waals surface area contributed by atoms with Crippen LogP contribution in [0.5, 0.6) is 0 Å². The molecule has 0 aromatic rings. The van der Waals surface area contributed by atoms with Gasteiger partial charge in [-0.25, -0.2) is 0 Å². The van der Waals surface area contributed by atoms with Gasteiger partial charge in [-0.1, -0.05) is 6.42 Å². The molecule has 2 rings (SSSR count). The Morgan fingerprint density at radius 2 is 2.24 bits per heavy atom. The maximum absolute atomic E-state index is 5.67. The van der Waals surface area contributed by atoms with Crippen LogP contribution in [0.3, 0.4) is 0 Å². The standard InChI is InChI=1S/C14H28N2O/c1-2-17-7-3-4-14(16-15)10-13-9-11-5-6-12(13)8-11/h11-14,16H,2-10,15H2,1H3. The number of hydrogen-bond acceptors (Lipinski definition) is 3. The highest BCUT2D eigenvalue weighted by molar-refractivity contribution is 4.91. The van der Waals surface area contributed by atoms with Crippen LogP contribution in [-0.4, -0.2) is 19.3 Å². The number of fused-ring (bicyclic) bond motifs is 2. The zero-order valence-corrected chi connectivity index (χ0v) is 11.2. The van der Waals surface area contributed by atoms with E-state index in [0.29, 0.717) is 6.04 Å². The summed E-state index contributed by atoms with van der Waals surface area (Å²) in [6, 6.07) is 0.500. The number of hydrogen-bond donors (Lipinski definition) is 2. The summed E-state index contributed by atoms with van der Waals surface area (Å²) in [5.74, 6) is 8.68. The van der Waals surface area contributed by atoms with Gasteiger partial charge in [-0.3, -0.25) is 11.3 Å². The molecule has 0 saturated heterocycles.